The van der Waals surface area contributed by atoms with Crippen molar-refractivity contribution in [2.45, 2.75) is 12.5 Å². The van der Waals surface area contributed by atoms with Crippen molar-refractivity contribution in [3.8, 4) is 12.3 Å². The van der Waals surface area contributed by atoms with Crippen molar-refractivity contribution in [3.63, 3.8) is 0 Å². The Labute approximate surface area is 72.0 Å². The zero-order chi connectivity index (χ0) is 8.39. The lowest BCUT2D eigenvalue weighted by molar-refractivity contribution is 0.383. The number of rotatable bonds is 1. The number of nitrogens with one attached hydrogen (secondary N) is 1. The summed E-state index contributed by atoms with van der Waals surface area (Å²) in [5.74, 6) is 2.53. The van der Waals surface area contributed by atoms with Crippen LogP contribution >= 0.6 is 0 Å². The van der Waals surface area contributed by atoms with Crippen LogP contribution in [0.1, 0.15) is 23.7 Å². The molecule has 0 amide bonds. The zero-order valence-electron chi connectivity index (χ0n) is 6.75. The third kappa shape index (κ3) is 1.19. The van der Waals surface area contributed by atoms with Gasteiger partial charge in [-0.25, -0.2) is 4.98 Å². The number of hydrogen-bond acceptors (Lipinski definition) is 2. The van der Waals surface area contributed by atoms with E-state index in [9.17, 15) is 0 Å². The highest BCUT2D eigenvalue weighted by atomic mass is 15.0. The Morgan fingerprint density at radius 3 is 3.08 bits per heavy atom. The van der Waals surface area contributed by atoms with E-state index in [0.29, 0.717) is 6.04 Å². The molecule has 0 bridgehead atoms. The van der Waals surface area contributed by atoms with E-state index in [1.54, 1.807) is 6.20 Å². The average Bonchev–Trinajstić information content (AvgIpc) is 2.02. The summed E-state index contributed by atoms with van der Waals surface area (Å²) in [6.07, 6.45) is 8.22. The van der Waals surface area contributed by atoms with Gasteiger partial charge < -0.3 is 5.32 Å². The normalized spacial score (nSPS) is 21.1. The van der Waals surface area contributed by atoms with Gasteiger partial charge in [-0.3, -0.25) is 0 Å². The van der Waals surface area contributed by atoms with Gasteiger partial charge in [-0.05, 0) is 30.7 Å². The van der Waals surface area contributed by atoms with E-state index in [4.69, 9.17) is 6.42 Å². The van der Waals surface area contributed by atoms with Gasteiger partial charge in [0.15, 0.2) is 0 Å². The molecule has 1 N–H and O–H groups in total. The molecule has 1 fully saturated rings. The number of terminal acetylenes is 1. The van der Waals surface area contributed by atoms with Crippen molar-refractivity contribution in [1.82, 2.24) is 10.3 Å². The predicted octanol–water partition coefficient (Wildman–Crippen LogP) is 1.10. The third-order valence-electron chi connectivity index (χ3n) is 2.16. The van der Waals surface area contributed by atoms with Crippen molar-refractivity contribution in [2.75, 3.05) is 6.54 Å². The van der Waals surface area contributed by atoms with Gasteiger partial charge in [0.25, 0.3) is 0 Å². The van der Waals surface area contributed by atoms with E-state index in [0.717, 1.165) is 12.2 Å². The number of pyridine rings is 1. The Kier molecular flexibility index (Phi) is 1.81. The van der Waals surface area contributed by atoms with Gasteiger partial charge in [0.05, 0.1) is 0 Å². The minimum Gasteiger partial charge on any atom is -0.310 e. The molecule has 1 aliphatic rings. The highest BCUT2D eigenvalue weighted by Gasteiger charge is 2.18. The van der Waals surface area contributed by atoms with Crippen LogP contribution in [0.15, 0.2) is 18.3 Å². The smallest absolute Gasteiger partial charge is 0.113 e. The second-order valence-electron chi connectivity index (χ2n) is 2.91. The molecule has 1 saturated heterocycles. The Morgan fingerprint density at radius 1 is 1.67 bits per heavy atom. The van der Waals surface area contributed by atoms with Crippen LogP contribution in [0, 0.1) is 12.3 Å². The molecule has 1 aromatic rings. The van der Waals surface area contributed by atoms with Crippen LogP contribution in [-0.4, -0.2) is 11.5 Å². The minimum absolute atomic E-state index is 0.500. The molecule has 12 heavy (non-hydrogen) atoms. The molecular formula is C10H10N2. The second kappa shape index (κ2) is 2.96. The fourth-order valence-electron chi connectivity index (χ4n) is 1.32. The van der Waals surface area contributed by atoms with E-state index in [1.807, 2.05) is 12.1 Å². The first kappa shape index (κ1) is 7.33. The van der Waals surface area contributed by atoms with E-state index < -0.39 is 0 Å². The molecule has 2 heteroatoms. The summed E-state index contributed by atoms with van der Waals surface area (Å²) < 4.78 is 0. The fourth-order valence-corrected chi connectivity index (χ4v) is 1.32. The molecule has 2 rings (SSSR count). The maximum absolute atomic E-state index is 5.25. The molecule has 0 unspecified atom stereocenters. The fraction of sp³-hybridized carbons (Fsp3) is 0.300. The second-order valence-corrected chi connectivity index (χ2v) is 2.91. The molecule has 1 aromatic heterocycles. The Morgan fingerprint density at radius 2 is 2.50 bits per heavy atom. The molecule has 60 valence electrons. The van der Waals surface area contributed by atoms with Gasteiger partial charge in [-0.2, -0.15) is 0 Å². The van der Waals surface area contributed by atoms with Crippen molar-refractivity contribution in [1.29, 1.82) is 0 Å². The Balaban J connectivity index is 2.27. The van der Waals surface area contributed by atoms with Crippen molar-refractivity contribution in [3.05, 3.63) is 29.6 Å². The summed E-state index contributed by atoms with van der Waals surface area (Å²) in [5.41, 5.74) is 1.98. The number of aromatic nitrogens is 1. The van der Waals surface area contributed by atoms with Crippen molar-refractivity contribution < 1.29 is 0 Å². The first-order valence-electron chi connectivity index (χ1n) is 4.06. The lowest BCUT2D eigenvalue weighted by Crippen LogP contribution is -2.34. The van der Waals surface area contributed by atoms with Crippen LogP contribution < -0.4 is 5.32 Å². The molecule has 2 heterocycles. The topological polar surface area (TPSA) is 24.9 Å². The van der Waals surface area contributed by atoms with E-state index in [1.165, 1.54) is 12.0 Å². The van der Waals surface area contributed by atoms with Gasteiger partial charge in [0, 0.05) is 12.2 Å². The van der Waals surface area contributed by atoms with E-state index >= 15 is 0 Å². The largest absolute Gasteiger partial charge is 0.310 e. The van der Waals surface area contributed by atoms with Crippen LogP contribution in [-0.2, 0) is 0 Å². The molecule has 1 aliphatic heterocycles. The van der Waals surface area contributed by atoms with Crippen LogP contribution in [0.25, 0.3) is 0 Å². The lowest BCUT2D eigenvalue weighted by Gasteiger charge is -2.27. The highest BCUT2D eigenvalue weighted by Crippen LogP contribution is 2.22. The summed E-state index contributed by atoms with van der Waals surface area (Å²) in [4.78, 5) is 4.03. The van der Waals surface area contributed by atoms with Gasteiger partial charge in [0.2, 0.25) is 0 Å². The SMILES string of the molecule is C#Cc1cc([C@@H]2CCN2)ccn1. The number of hydrogen-bond donors (Lipinski definition) is 1. The molecule has 0 aliphatic carbocycles. The lowest BCUT2D eigenvalue weighted by atomic mass is 9.98. The van der Waals surface area contributed by atoms with Gasteiger partial charge in [0.1, 0.15) is 5.69 Å². The molecule has 0 radical (unpaired) electrons. The molecule has 0 saturated carbocycles. The quantitative estimate of drug-likeness (QED) is 0.619. The molecule has 2 nitrogen and oxygen atoms in total. The molecular weight excluding hydrogens is 148 g/mol. The molecule has 1 atom stereocenters. The van der Waals surface area contributed by atoms with Crippen LogP contribution in [0.4, 0.5) is 0 Å². The standard InChI is InChI=1S/C10H10N2/c1-2-9-7-8(3-5-11-9)10-4-6-12-10/h1,3,5,7,10,12H,4,6H2/t10-/m0/s1. The third-order valence-corrected chi connectivity index (χ3v) is 2.16. The zero-order valence-corrected chi connectivity index (χ0v) is 6.75. The van der Waals surface area contributed by atoms with Crippen LogP contribution in [0.2, 0.25) is 0 Å². The van der Waals surface area contributed by atoms with Gasteiger partial charge in [-0.1, -0.05) is 5.92 Å². The van der Waals surface area contributed by atoms with Gasteiger partial charge in [-0.15, -0.1) is 6.42 Å². The Bertz CT molecular complexity index is 321. The van der Waals surface area contributed by atoms with E-state index in [2.05, 4.69) is 16.2 Å². The predicted molar refractivity (Wildman–Crippen MR) is 47.5 cm³/mol. The molecule has 0 spiro atoms. The van der Waals surface area contributed by atoms with E-state index in [-0.39, 0.29) is 0 Å². The van der Waals surface area contributed by atoms with Crippen molar-refractivity contribution >= 4 is 0 Å². The van der Waals surface area contributed by atoms with Gasteiger partial charge >= 0.3 is 0 Å². The van der Waals surface area contributed by atoms with Crippen molar-refractivity contribution in [2.24, 2.45) is 0 Å². The summed E-state index contributed by atoms with van der Waals surface area (Å²) in [5, 5.41) is 3.32. The Hall–Kier alpha value is -1.33. The monoisotopic (exact) mass is 158 g/mol. The number of nitrogens with zero attached hydrogens (tertiary/aromatic N) is 1. The summed E-state index contributed by atoms with van der Waals surface area (Å²) in [6.45, 7) is 1.11. The molecule has 0 aromatic carbocycles. The summed E-state index contributed by atoms with van der Waals surface area (Å²) >= 11 is 0. The van der Waals surface area contributed by atoms with Crippen LogP contribution in [0.3, 0.4) is 0 Å². The maximum atomic E-state index is 5.25. The first-order chi connectivity index (χ1) is 5.90. The summed E-state index contributed by atoms with van der Waals surface area (Å²) in [7, 11) is 0. The van der Waals surface area contributed by atoms with Crippen LogP contribution in [0.5, 0.6) is 0 Å². The first-order valence-corrected chi connectivity index (χ1v) is 4.06. The maximum Gasteiger partial charge on any atom is 0.113 e. The average molecular weight is 158 g/mol. The summed E-state index contributed by atoms with van der Waals surface area (Å²) in [6, 6.07) is 4.48. The highest BCUT2D eigenvalue weighted by molar-refractivity contribution is 5.30. The minimum atomic E-state index is 0.500.